The zero-order valence-corrected chi connectivity index (χ0v) is 14.2. The van der Waals surface area contributed by atoms with Gasteiger partial charge >= 0.3 is 6.03 Å². The van der Waals surface area contributed by atoms with Crippen LogP contribution in [0.4, 0.5) is 4.79 Å². The van der Waals surface area contributed by atoms with Crippen LogP contribution in [0.2, 0.25) is 0 Å². The molecule has 3 rings (SSSR count). The van der Waals surface area contributed by atoms with Gasteiger partial charge in [-0.15, -0.1) is 0 Å². The van der Waals surface area contributed by atoms with E-state index in [-0.39, 0.29) is 6.03 Å². The number of rotatable bonds is 4. The molecule has 5 nitrogen and oxygen atoms in total. The van der Waals surface area contributed by atoms with Gasteiger partial charge in [-0.3, -0.25) is 0 Å². The molecule has 2 aromatic rings. The fourth-order valence-corrected chi connectivity index (χ4v) is 3.08. The zero-order chi connectivity index (χ0) is 17.6. The molecule has 1 aliphatic rings. The summed E-state index contributed by atoms with van der Waals surface area (Å²) >= 11 is 0. The molecule has 1 saturated heterocycles. The van der Waals surface area contributed by atoms with Crippen LogP contribution in [0.15, 0.2) is 48.5 Å². The van der Waals surface area contributed by atoms with Gasteiger partial charge in [-0.2, -0.15) is 5.26 Å². The van der Waals surface area contributed by atoms with Crippen LogP contribution in [0.1, 0.15) is 29.0 Å². The van der Waals surface area contributed by atoms with E-state index in [1.807, 2.05) is 29.2 Å². The summed E-state index contributed by atoms with van der Waals surface area (Å²) in [6.07, 6.45) is 0.969. The van der Waals surface area contributed by atoms with Crippen LogP contribution >= 0.6 is 0 Å². The monoisotopic (exact) mass is 335 g/mol. The van der Waals surface area contributed by atoms with Crippen LogP contribution in [-0.4, -0.2) is 31.1 Å². The Morgan fingerprint density at radius 1 is 1.24 bits per heavy atom. The summed E-state index contributed by atoms with van der Waals surface area (Å²) in [7, 11) is 1.66. The van der Waals surface area contributed by atoms with Gasteiger partial charge in [0.15, 0.2) is 0 Å². The lowest BCUT2D eigenvalue weighted by molar-refractivity contribution is 0.208. The Morgan fingerprint density at radius 2 is 1.96 bits per heavy atom. The zero-order valence-electron chi connectivity index (χ0n) is 14.2. The number of amides is 2. The number of hydrogen-bond donors (Lipinski definition) is 1. The highest BCUT2D eigenvalue weighted by Gasteiger charge is 2.27. The summed E-state index contributed by atoms with van der Waals surface area (Å²) in [5, 5.41) is 11.8. The van der Waals surface area contributed by atoms with Crippen LogP contribution in [0.3, 0.4) is 0 Å². The molecule has 1 atom stereocenters. The third-order valence-corrected chi connectivity index (χ3v) is 4.59. The summed E-state index contributed by atoms with van der Waals surface area (Å²) in [6, 6.07) is 17.4. The van der Waals surface area contributed by atoms with Gasteiger partial charge in [-0.05, 0) is 41.8 Å². The molecule has 0 radical (unpaired) electrons. The Bertz CT molecular complexity index is 763. The molecule has 1 N–H and O–H groups in total. The van der Waals surface area contributed by atoms with Crippen molar-refractivity contribution in [1.82, 2.24) is 10.2 Å². The number of nitrogens with zero attached hydrogens (tertiary/aromatic N) is 2. The second-order valence-corrected chi connectivity index (χ2v) is 6.17. The van der Waals surface area contributed by atoms with Crippen LogP contribution < -0.4 is 10.1 Å². The second-order valence-electron chi connectivity index (χ2n) is 6.17. The number of urea groups is 1. The van der Waals surface area contributed by atoms with E-state index in [1.165, 1.54) is 5.56 Å². The summed E-state index contributed by atoms with van der Waals surface area (Å²) < 4.78 is 5.19. The van der Waals surface area contributed by atoms with E-state index in [0.717, 1.165) is 30.8 Å². The molecular formula is C20H21N3O2. The summed E-state index contributed by atoms with van der Waals surface area (Å²) in [6.45, 7) is 1.95. The molecule has 0 saturated carbocycles. The highest BCUT2D eigenvalue weighted by atomic mass is 16.5. The van der Waals surface area contributed by atoms with Crippen LogP contribution in [-0.2, 0) is 6.54 Å². The number of benzene rings is 2. The van der Waals surface area contributed by atoms with Crippen molar-refractivity contribution in [3.05, 3.63) is 65.2 Å². The maximum atomic E-state index is 12.4. The molecule has 1 heterocycles. The standard InChI is InChI=1S/C20H21N3O2/c1-25-19-8-6-17(7-9-19)18-10-11-23(14-18)20(24)22-13-16-4-2-15(12-21)3-5-16/h2-9,18H,10-11,13-14H2,1H3,(H,22,24)/t18-/m1/s1. The number of carbonyl (C=O) groups excluding carboxylic acids is 1. The number of carbonyl (C=O) groups is 1. The van der Waals surface area contributed by atoms with Gasteiger partial charge in [0.1, 0.15) is 5.75 Å². The summed E-state index contributed by atoms with van der Waals surface area (Å²) in [4.78, 5) is 14.2. The Morgan fingerprint density at radius 3 is 2.60 bits per heavy atom. The highest BCUT2D eigenvalue weighted by molar-refractivity contribution is 5.74. The minimum absolute atomic E-state index is 0.0413. The van der Waals surface area contributed by atoms with Crippen LogP contribution in [0.25, 0.3) is 0 Å². The van der Waals surface area contributed by atoms with E-state index >= 15 is 0 Å². The smallest absolute Gasteiger partial charge is 0.317 e. The Hall–Kier alpha value is -3.00. The molecule has 0 aromatic heterocycles. The molecule has 25 heavy (non-hydrogen) atoms. The molecule has 2 aromatic carbocycles. The third kappa shape index (κ3) is 4.10. The number of methoxy groups -OCH3 is 1. The Kier molecular flexibility index (Phi) is 5.20. The van der Waals surface area contributed by atoms with Gasteiger partial charge in [0.2, 0.25) is 0 Å². The van der Waals surface area contributed by atoms with Gasteiger partial charge in [0.05, 0.1) is 18.7 Å². The van der Waals surface area contributed by atoms with Crippen molar-refractivity contribution in [2.24, 2.45) is 0 Å². The first-order chi connectivity index (χ1) is 12.2. The Balaban J connectivity index is 1.52. The summed E-state index contributed by atoms with van der Waals surface area (Å²) in [5.74, 6) is 1.21. The third-order valence-electron chi connectivity index (χ3n) is 4.59. The van der Waals surface area contributed by atoms with Crippen molar-refractivity contribution in [2.45, 2.75) is 18.9 Å². The quantitative estimate of drug-likeness (QED) is 0.932. The van der Waals surface area contributed by atoms with E-state index in [9.17, 15) is 4.79 Å². The predicted molar refractivity (Wildman–Crippen MR) is 95.3 cm³/mol. The Labute approximate surface area is 147 Å². The highest BCUT2D eigenvalue weighted by Crippen LogP contribution is 2.28. The average molecular weight is 335 g/mol. The first-order valence-electron chi connectivity index (χ1n) is 8.35. The topological polar surface area (TPSA) is 65.4 Å². The fourth-order valence-electron chi connectivity index (χ4n) is 3.08. The molecule has 5 heteroatoms. The van der Waals surface area contributed by atoms with Crippen molar-refractivity contribution < 1.29 is 9.53 Å². The van der Waals surface area contributed by atoms with E-state index in [2.05, 4.69) is 23.5 Å². The molecule has 0 unspecified atom stereocenters. The van der Waals surface area contributed by atoms with Crippen LogP contribution in [0.5, 0.6) is 5.75 Å². The maximum absolute atomic E-state index is 12.4. The van der Waals surface area contributed by atoms with Crippen molar-refractivity contribution in [1.29, 1.82) is 5.26 Å². The van der Waals surface area contributed by atoms with E-state index in [0.29, 0.717) is 18.0 Å². The summed E-state index contributed by atoms with van der Waals surface area (Å²) in [5.41, 5.74) is 2.85. The average Bonchev–Trinajstić information content (AvgIpc) is 3.17. The minimum atomic E-state index is -0.0413. The van der Waals surface area contributed by atoms with Crippen molar-refractivity contribution in [3.63, 3.8) is 0 Å². The molecule has 1 aliphatic heterocycles. The minimum Gasteiger partial charge on any atom is -0.497 e. The number of hydrogen-bond acceptors (Lipinski definition) is 3. The lowest BCUT2D eigenvalue weighted by Gasteiger charge is -2.18. The molecule has 0 bridgehead atoms. The first kappa shape index (κ1) is 16.8. The second kappa shape index (κ2) is 7.71. The normalized spacial score (nSPS) is 16.3. The van der Waals surface area contributed by atoms with E-state index < -0.39 is 0 Å². The lowest BCUT2D eigenvalue weighted by Crippen LogP contribution is -2.37. The van der Waals surface area contributed by atoms with Gasteiger partial charge < -0.3 is 15.0 Å². The SMILES string of the molecule is COc1ccc([C@@H]2CCN(C(=O)NCc3ccc(C#N)cc3)C2)cc1. The number of nitriles is 1. The molecule has 1 fully saturated rings. The number of ether oxygens (including phenoxy) is 1. The van der Waals surface area contributed by atoms with Gasteiger partial charge in [-0.25, -0.2) is 4.79 Å². The van der Waals surface area contributed by atoms with Crippen LogP contribution in [0, 0.1) is 11.3 Å². The number of nitrogens with one attached hydrogen (secondary N) is 1. The fraction of sp³-hybridized carbons (Fsp3) is 0.300. The predicted octanol–water partition coefficient (Wildman–Crippen LogP) is 3.27. The van der Waals surface area contributed by atoms with Gasteiger partial charge in [0, 0.05) is 25.6 Å². The van der Waals surface area contributed by atoms with Gasteiger partial charge in [-0.1, -0.05) is 24.3 Å². The largest absolute Gasteiger partial charge is 0.497 e. The molecule has 2 amide bonds. The maximum Gasteiger partial charge on any atom is 0.317 e. The lowest BCUT2D eigenvalue weighted by atomic mass is 9.98. The van der Waals surface area contributed by atoms with E-state index in [4.69, 9.17) is 10.00 Å². The molecular weight excluding hydrogens is 314 g/mol. The van der Waals surface area contributed by atoms with Crippen molar-refractivity contribution in [2.75, 3.05) is 20.2 Å². The van der Waals surface area contributed by atoms with Crippen molar-refractivity contribution >= 4 is 6.03 Å². The molecule has 128 valence electrons. The first-order valence-corrected chi connectivity index (χ1v) is 8.35. The van der Waals surface area contributed by atoms with E-state index in [1.54, 1.807) is 19.2 Å². The molecule has 0 spiro atoms. The van der Waals surface area contributed by atoms with Crippen molar-refractivity contribution in [3.8, 4) is 11.8 Å². The molecule has 0 aliphatic carbocycles. The number of likely N-dealkylation sites (tertiary alicyclic amines) is 1. The van der Waals surface area contributed by atoms with Gasteiger partial charge in [0.25, 0.3) is 0 Å².